The summed E-state index contributed by atoms with van der Waals surface area (Å²) in [6.45, 7) is 9.88. The number of hydrazine groups is 1. The number of unbranched alkanes of at least 4 members (excludes halogenated alkanes) is 5. The molecule has 262 valence electrons. The molecular weight excluding hydrogens is 620 g/mol. The predicted octanol–water partition coefficient (Wildman–Crippen LogP) is 5.68. The molecule has 0 radical (unpaired) electrons. The Morgan fingerprint density at radius 1 is 0.894 bits per heavy atom. The molecule has 47 heavy (non-hydrogen) atoms. The third-order valence-electron chi connectivity index (χ3n) is 7.45. The number of rotatable bonds is 17. The third kappa shape index (κ3) is 16.7. The Kier molecular flexibility index (Phi) is 19.5. The summed E-state index contributed by atoms with van der Waals surface area (Å²) in [5.74, 6) is -2.86. The zero-order valence-electron chi connectivity index (χ0n) is 28.4. The molecule has 2 rings (SSSR count). The van der Waals surface area contributed by atoms with E-state index in [1.54, 1.807) is 24.5 Å². The third-order valence-corrected chi connectivity index (χ3v) is 8.32. The maximum absolute atomic E-state index is 13.5. The number of hydroxylamine groups is 1. The topological polar surface area (TPSA) is 179 Å². The molecule has 2 aromatic rings. The lowest BCUT2D eigenvalue weighted by Crippen LogP contribution is -2.54. The van der Waals surface area contributed by atoms with Crippen molar-refractivity contribution >= 4 is 33.9 Å². The van der Waals surface area contributed by atoms with Gasteiger partial charge in [-0.3, -0.25) is 34.6 Å². The van der Waals surface area contributed by atoms with Crippen molar-refractivity contribution in [3.63, 3.8) is 0 Å². The van der Waals surface area contributed by atoms with E-state index in [1.807, 2.05) is 63.3 Å². The second-order valence-corrected chi connectivity index (χ2v) is 13.6. The molecule has 0 aliphatic rings. The molecule has 3 atom stereocenters. The standard InChI is InChI=1S/C28H46N4O4.C7H8O3S/c1-5-6-7-8-9-13-19-32(28(35)22(4)29)30-26(33)25(20-21(2)3)24(27(34)31-36)18-14-17-23-15-11-10-12-16-23;1-6-2-4-7(5-3-6)11(8,9)10/h10-12,14-17,21-22,24-25,36H,5-9,13,18-20,29H2,1-4H3,(H,30,33)(H,31,34);2-5H,1H3,(H,8,9,10)/b17-14+;/t22-,24+,25-;/m1./s1. The highest BCUT2D eigenvalue weighted by atomic mass is 32.2. The van der Waals surface area contributed by atoms with Gasteiger partial charge in [0.15, 0.2) is 0 Å². The molecule has 0 saturated carbocycles. The van der Waals surface area contributed by atoms with Gasteiger partial charge in [0, 0.05) is 6.54 Å². The van der Waals surface area contributed by atoms with Crippen molar-refractivity contribution in [2.75, 3.05) is 6.54 Å². The van der Waals surface area contributed by atoms with E-state index in [2.05, 4.69) is 12.3 Å². The molecule has 0 saturated heterocycles. The van der Waals surface area contributed by atoms with Gasteiger partial charge in [-0.2, -0.15) is 8.42 Å². The Morgan fingerprint density at radius 2 is 1.49 bits per heavy atom. The second-order valence-electron chi connectivity index (χ2n) is 12.2. The number of nitrogens with one attached hydrogen (secondary N) is 2. The van der Waals surface area contributed by atoms with Gasteiger partial charge in [0.1, 0.15) is 0 Å². The van der Waals surface area contributed by atoms with Crippen LogP contribution in [0.3, 0.4) is 0 Å². The maximum Gasteiger partial charge on any atom is 0.294 e. The Morgan fingerprint density at radius 3 is 2.02 bits per heavy atom. The fraction of sp³-hybridized carbons (Fsp3) is 0.514. The number of hydrogen-bond acceptors (Lipinski definition) is 7. The summed E-state index contributed by atoms with van der Waals surface area (Å²) in [5.41, 5.74) is 12.2. The van der Waals surface area contributed by atoms with Crippen LogP contribution in [0.5, 0.6) is 0 Å². The van der Waals surface area contributed by atoms with Gasteiger partial charge >= 0.3 is 0 Å². The normalized spacial score (nSPS) is 13.3. The van der Waals surface area contributed by atoms with Crippen LogP contribution in [0.2, 0.25) is 0 Å². The van der Waals surface area contributed by atoms with Crippen LogP contribution in [0.25, 0.3) is 6.08 Å². The van der Waals surface area contributed by atoms with E-state index in [0.717, 1.165) is 43.2 Å². The lowest BCUT2D eigenvalue weighted by molar-refractivity contribution is -0.147. The molecule has 11 nitrogen and oxygen atoms in total. The van der Waals surface area contributed by atoms with E-state index in [1.165, 1.54) is 23.6 Å². The Bertz CT molecular complexity index is 1350. The zero-order chi connectivity index (χ0) is 35.4. The fourth-order valence-electron chi connectivity index (χ4n) is 4.86. The lowest BCUT2D eigenvalue weighted by atomic mass is 9.82. The minimum atomic E-state index is -4.02. The van der Waals surface area contributed by atoms with Crippen molar-refractivity contribution in [3.05, 3.63) is 71.8 Å². The molecule has 0 aromatic heterocycles. The van der Waals surface area contributed by atoms with Crippen LogP contribution in [-0.2, 0) is 24.5 Å². The van der Waals surface area contributed by atoms with Gasteiger partial charge in [0.25, 0.3) is 16.0 Å². The number of nitrogens with zero attached hydrogens (tertiary/aromatic N) is 1. The van der Waals surface area contributed by atoms with Crippen LogP contribution in [0.1, 0.15) is 90.2 Å². The van der Waals surface area contributed by atoms with Crippen molar-refractivity contribution in [1.82, 2.24) is 15.9 Å². The summed E-state index contributed by atoms with van der Waals surface area (Å²) in [6.07, 6.45) is 10.6. The van der Waals surface area contributed by atoms with Crippen molar-refractivity contribution in [2.24, 2.45) is 23.5 Å². The van der Waals surface area contributed by atoms with E-state index in [4.69, 9.17) is 10.3 Å². The summed E-state index contributed by atoms with van der Waals surface area (Å²) >= 11 is 0. The van der Waals surface area contributed by atoms with E-state index in [-0.39, 0.29) is 23.1 Å². The molecule has 0 bridgehead atoms. The Balaban J connectivity index is 0.000000841. The van der Waals surface area contributed by atoms with Crippen LogP contribution in [0.15, 0.2) is 65.6 Å². The maximum atomic E-state index is 13.5. The summed E-state index contributed by atoms with van der Waals surface area (Å²) in [7, 11) is -4.02. The number of nitrogens with two attached hydrogens (primary N) is 1. The highest BCUT2D eigenvalue weighted by molar-refractivity contribution is 7.85. The van der Waals surface area contributed by atoms with Crippen molar-refractivity contribution < 1.29 is 32.6 Å². The van der Waals surface area contributed by atoms with Crippen molar-refractivity contribution in [3.8, 4) is 0 Å². The number of allylic oxidation sites excluding steroid dienone is 1. The quantitative estimate of drug-likeness (QED) is 0.0615. The molecule has 0 aliphatic heterocycles. The first-order chi connectivity index (χ1) is 22.2. The molecule has 0 heterocycles. The number of carbonyl (C=O) groups excluding carboxylic acids is 3. The molecular formula is C35H54N4O7S. The first kappa shape index (κ1) is 41.4. The SMILES string of the molecule is CCCCCCCCN(NC(=O)[C@H](CC(C)C)[C@H](C/C=C/c1ccccc1)C(=O)NO)C(=O)[C@@H](C)N.Cc1ccc(S(=O)(=O)O)cc1. The summed E-state index contributed by atoms with van der Waals surface area (Å²) in [4.78, 5) is 38.8. The van der Waals surface area contributed by atoms with Gasteiger partial charge in [-0.05, 0) is 56.7 Å². The molecule has 2 aromatic carbocycles. The number of aryl methyl sites for hydroxylation is 1. The smallest absolute Gasteiger partial charge is 0.294 e. The number of amides is 3. The predicted molar refractivity (Wildman–Crippen MR) is 184 cm³/mol. The molecule has 6 N–H and O–H groups in total. The second kappa shape index (κ2) is 22.1. The average molecular weight is 675 g/mol. The summed E-state index contributed by atoms with van der Waals surface area (Å²) in [6, 6.07) is 14.9. The van der Waals surface area contributed by atoms with Crippen molar-refractivity contribution in [1.29, 1.82) is 0 Å². The van der Waals surface area contributed by atoms with Gasteiger partial charge in [-0.15, -0.1) is 0 Å². The van der Waals surface area contributed by atoms with Crippen molar-refractivity contribution in [2.45, 2.75) is 96.9 Å². The lowest BCUT2D eigenvalue weighted by Gasteiger charge is -2.30. The van der Waals surface area contributed by atoms with Gasteiger partial charge in [-0.1, -0.05) is 113 Å². The molecule has 0 aliphatic carbocycles. The molecule has 0 spiro atoms. The number of hydrogen-bond donors (Lipinski definition) is 5. The van der Waals surface area contributed by atoms with Crippen LogP contribution >= 0.6 is 0 Å². The Hall–Kier alpha value is -3.58. The van der Waals surface area contributed by atoms with E-state index in [9.17, 15) is 28.0 Å². The van der Waals surface area contributed by atoms with Gasteiger partial charge in [-0.25, -0.2) is 5.48 Å². The minimum absolute atomic E-state index is 0.0666. The van der Waals surface area contributed by atoms with E-state index < -0.39 is 39.8 Å². The number of benzene rings is 2. The van der Waals surface area contributed by atoms with Gasteiger partial charge in [0.2, 0.25) is 11.8 Å². The first-order valence-corrected chi connectivity index (χ1v) is 17.7. The van der Waals surface area contributed by atoms with Gasteiger partial charge in [0.05, 0.1) is 22.8 Å². The summed E-state index contributed by atoms with van der Waals surface area (Å²) in [5, 5.41) is 10.7. The minimum Gasteiger partial charge on any atom is -0.320 e. The van der Waals surface area contributed by atoms with E-state index in [0.29, 0.717) is 13.0 Å². The highest BCUT2D eigenvalue weighted by Crippen LogP contribution is 2.26. The Labute approximate surface area is 280 Å². The summed E-state index contributed by atoms with van der Waals surface area (Å²) < 4.78 is 29.6. The molecule has 12 heteroatoms. The molecule has 0 unspecified atom stereocenters. The monoisotopic (exact) mass is 674 g/mol. The van der Waals surface area contributed by atoms with Gasteiger partial charge < -0.3 is 5.73 Å². The average Bonchev–Trinajstić information content (AvgIpc) is 3.03. The zero-order valence-corrected chi connectivity index (χ0v) is 29.2. The van der Waals surface area contributed by atoms with Crippen LogP contribution in [-0.4, -0.2) is 53.5 Å². The van der Waals surface area contributed by atoms with E-state index >= 15 is 0 Å². The van der Waals surface area contributed by atoms with Crippen LogP contribution in [0.4, 0.5) is 0 Å². The number of carbonyl (C=O) groups is 3. The fourth-order valence-corrected chi connectivity index (χ4v) is 5.34. The molecule has 3 amide bonds. The van der Waals surface area contributed by atoms with Crippen LogP contribution < -0.4 is 16.6 Å². The first-order valence-electron chi connectivity index (χ1n) is 16.3. The van der Waals surface area contributed by atoms with Crippen LogP contribution in [0, 0.1) is 24.7 Å². The largest absolute Gasteiger partial charge is 0.320 e. The molecule has 0 fully saturated rings. The highest BCUT2D eigenvalue weighted by Gasteiger charge is 2.35.